The Bertz CT molecular complexity index is 584. The van der Waals surface area contributed by atoms with E-state index >= 15 is 0 Å². The first-order chi connectivity index (χ1) is 8.95. The number of halogens is 2. The summed E-state index contributed by atoms with van der Waals surface area (Å²) in [6.07, 6.45) is 0. The Morgan fingerprint density at radius 1 is 1.11 bits per heavy atom. The average molecular weight is 326 g/mol. The maximum absolute atomic E-state index is 13.7. The maximum atomic E-state index is 13.7. The monoisotopic (exact) mass is 325 g/mol. The van der Waals surface area contributed by atoms with Crippen molar-refractivity contribution in [3.05, 3.63) is 52.3 Å². The van der Waals surface area contributed by atoms with Gasteiger partial charge in [0.05, 0.1) is 5.69 Å². The molecule has 0 aliphatic carbocycles. The van der Waals surface area contributed by atoms with Gasteiger partial charge in [0.2, 0.25) is 0 Å². The number of anilines is 1. The molecule has 0 aliphatic heterocycles. The molecule has 0 aliphatic rings. The van der Waals surface area contributed by atoms with Gasteiger partial charge in [-0.25, -0.2) is 4.39 Å². The second-order valence-electron chi connectivity index (χ2n) is 4.27. The van der Waals surface area contributed by atoms with Crippen LogP contribution in [0.5, 0.6) is 11.5 Å². The van der Waals surface area contributed by atoms with Crippen molar-refractivity contribution in [1.29, 1.82) is 0 Å². The van der Waals surface area contributed by atoms with E-state index in [0.29, 0.717) is 15.7 Å². The number of hydrogen-bond acceptors (Lipinski definition) is 3. The molecule has 3 nitrogen and oxygen atoms in total. The predicted molar refractivity (Wildman–Crippen MR) is 75.9 cm³/mol. The number of aromatic hydroxyl groups is 2. The van der Waals surface area contributed by atoms with Gasteiger partial charge >= 0.3 is 0 Å². The second kappa shape index (κ2) is 5.48. The Morgan fingerprint density at radius 2 is 1.74 bits per heavy atom. The Kier molecular flexibility index (Phi) is 3.95. The highest BCUT2D eigenvalue weighted by Crippen LogP contribution is 2.28. The SMILES string of the molecule is CC(Nc1ccc(Br)cc1F)c1cc(O)cc(O)c1. The highest BCUT2D eigenvalue weighted by Gasteiger charge is 2.10. The molecule has 2 aromatic rings. The summed E-state index contributed by atoms with van der Waals surface area (Å²) in [6.45, 7) is 1.82. The first-order valence-electron chi connectivity index (χ1n) is 5.70. The summed E-state index contributed by atoms with van der Waals surface area (Å²) >= 11 is 3.19. The molecule has 5 heteroatoms. The molecule has 0 spiro atoms. The molecule has 0 saturated heterocycles. The zero-order chi connectivity index (χ0) is 14.0. The fourth-order valence-electron chi connectivity index (χ4n) is 1.79. The van der Waals surface area contributed by atoms with E-state index < -0.39 is 0 Å². The summed E-state index contributed by atoms with van der Waals surface area (Å²) in [4.78, 5) is 0. The summed E-state index contributed by atoms with van der Waals surface area (Å²) < 4.78 is 14.4. The third-order valence-corrected chi connectivity index (χ3v) is 3.22. The van der Waals surface area contributed by atoms with Crippen molar-refractivity contribution in [2.45, 2.75) is 13.0 Å². The summed E-state index contributed by atoms with van der Waals surface area (Å²) in [5.74, 6) is -0.426. The number of nitrogens with one attached hydrogen (secondary N) is 1. The topological polar surface area (TPSA) is 52.5 Å². The van der Waals surface area contributed by atoms with Crippen LogP contribution >= 0.6 is 15.9 Å². The van der Waals surface area contributed by atoms with E-state index in [1.54, 1.807) is 12.1 Å². The van der Waals surface area contributed by atoms with Gasteiger partial charge in [-0.15, -0.1) is 0 Å². The summed E-state index contributed by atoms with van der Waals surface area (Å²) in [5.41, 5.74) is 1.03. The minimum atomic E-state index is -0.370. The molecule has 1 atom stereocenters. The predicted octanol–water partition coefficient (Wildman–Crippen LogP) is 4.17. The standard InChI is InChI=1S/C14H13BrFNO2/c1-8(9-4-11(18)7-12(19)5-9)17-14-3-2-10(15)6-13(14)16/h2-8,17-19H,1H3. The Hall–Kier alpha value is -1.75. The molecule has 0 aromatic heterocycles. The van der Waals surface area contributed by atoms with Crippen LogP contribution in [-0.2, 0) is 0 Å². The number of rotatable bonds is 3. The van der Waals surface area contributed by atoms with E-state index in [-0.39, 0.29) is 23.4 Å². The fraction of sp³-hybridized carbons (Fsp3) is 0.143. The summed E-state index contributed by atoms with van der Waals surface area (Å²) in [6, 6.07) is 8.76. The van der Waals surface area contributed by atoms with Crippen LogP contribution in [0, 0.1) is 5.82 Å². The average Bonchev–Trinajstić information content (AvgIpc) is 2.31. The zero-order valence-electron chi connectivity index (χ0n) is 10.2. The first-order valence-corrected chi connectivity index (χ1v) is 6.49. The van der Waals surface area contributed by atoms with Crippen LogP contribution in [0.3, 0.4) is 0 Å². The van der Waals surface area contributed by atoms with Crippen molar-refractivity contribution in [3.8, 4) is 11.5 Å². The van der Waals surface area contributed by atoms with Gasteiger partial charge in [0.15, 0.2) is 0 Å². The van der Waals surface area contributed by atoms with Crippen LogP contribution < -0.4 is 5.32 Å². The van der Waals surface area contributed by atoms with Gasteiger partial charge in [-0.2, -0.15) is 0 Å². The molecule has 0 fully saturated rings. The summed E-state index contributed by atoms with van der Waals surface area (Å²) in [5, 5.41) is 21.9. The van der Waals surface area contributed by atoms with E-state index in [4.69, 9.17) is 0 Å². The smallest absolute Gasteiger partial charge is 0.147 e. The lowest BCUT2D eigenvalue weighted by atomic mass is 10.1. The van der Waals surface area contributed by atoms with Crippen LogP contribution in [0.25, 0.3) is 0 Å². The highest BCUT2D eigenvalue weighted by atomic mass is 79.9. The molecular formula is C14H13BrFNO2. The molecule has 100 valence electrons. The van der Waals surface area contributed by atoms with Gasteiger partial charge in [-0.05, 0) is 42.8 Å². The molecule has 19 heavy (non-hydrogen) atoms. The van der Waals surface area contributed by atoms with Gasteiger partial charge in [-0.3, -0.25) is 0 Å². The van der Waals surface area contributed by atoms with Crippen LogP contribution in [0.2, 0.25) is 0 Å². The van der Waals surface area contributed by atoms with Crippen molar-refractivity contribution < 1.29 is 14.6 Å². The van der Waals surface area contributed by atoms with Gasteiger partial charge in [0, 0.05) is 16.6 Å². The van der Waals surface area contributed by atoms with Gasteiger partial charge < -0.3 is 15.5 Å². The number of phenols is 2. The molecule has 0 radical (unpaired) electrons. The van der Waals surface area contributed by atoms with E-state index in [9.17, 15) is 14.6 Å². The van der Waals surface area contributed by atoms with Crippen molar-refractivity contribution in [1.82, 2.24) is 0 Å². The lowest BCUT2D eigenvalue weighted by Gasteiger charge is -2.17. The van der Waals surface area contributed by atoms with Crippen LogP contribution in [0.1, 0.15) is 18.5 Å². The molecule has 0 bridgehead atoms. The van der Waals surface area contributed by atoms with E-state index in [1.807, 2.05) is 6.92 Å². The normalized spacial score (nSPS) is 12.2. The van der Waals surface area contributed by atoms with Gasteiger partial charge in [0.1, 0.15) is 17.3 Å². The van der Waals surface area contributed by atoms with Gasteiger partial charge in [-0.1, -0.05) is 15.9 Å². The van der Waals surface area contributed by atoms with E-state index in [1.165, 1.54) is 24.3 Å². The van der Waals surface area contributed by atoms with Crippen LogP contribution in [-0.4, -0.2) is 10.2 Å². The minimum Gasteiger partial charge on any atom is -0.508 e. The maximum Gasteiger partial charge on any atom is 0.147 e. The molecule has 2 aromatic carbocycles. The van der Waals surface area contributed by atoms with Crippen LogP contribution in [0.4, 0.5) is 10.1 Å². The zero-order valence-corrected chi connectivity index (χ0v) is 11.8. The van der Waals surface area contributed by atoms with E-state index in [2.05, 4.69) is 21.2 Å². The Labute approximate surface area is 118 Å². The van der Waals surface area contributed by atoms with Crippen molar-refractivity contribution in [3.63, 3.8) is 0 Å². The molecular weight excluding hydrogens is 313 g/mol. The van der Waals surface area contributed by atoms with E-state index in [0.717, 1.165) is 0 Å². The van der Waals surface area contributed by atoms with Crippen LogP contribution in [0.15, 0.2) is 40.9 Å². The summed E-state index contributed by atoms with van der Waals surface area (Å²) in [7, 11) is 0. The Balaban J connectivity index is 2.22. The largest absolute Gasteiger partial charge is 0.508 e. The third-order valence-electron chi connectivity index (χ3n) is 2.73. The molecule has 3 N–H and O–H groups in total. The van der Waals surface area contributed by atoms with Gasteiger partial charge in [0.25, 0.3) is 0 Å². The Morgan fingerprint density at radius 3 is 2.32 bits per heavy atom. The molecule has 1 unspecified atom stereocenters. The molecule has 0 saturated carbocycles. The number of benzene rings is 2. The third kappa shape index (κ3) is 3.38. The minimum absolute atomic E-state index is 0.0278. The lowest BCUT2D eigenvalue weighted by Crippen LogP contribution is -2.07. The molecule has 2 rings (SSSR count). The first kappa shape index (κ1) is 13.7. The molecule has 0 amide bonds. The lowest BCUT2D eigenvalue weighted by molar-refractivity contribution is 0.448. The quantitative estimate of drug-likeness (QED) is 0.793. The van der Waals surface area contributed by atoms with Crippen molar-refractivity contribution >= 4 is 21.6 Å². The number of hydrogen-bond donors (Lipinski definition) is 3. The fourth-order valence-corrected chi connectivity index (χ4v) is 2.12. The highest BCUT2D eigenvalue weighted by molar-refractivity contribution is 9.10. The van der Waals surface area contributed by atoms with Crippen molar-refractivity contribution in [2.75, 3.05) is 5.32 Å². The second-order valence-corrected chi connectivity index (χ2v) is 5.19. The van der Waals surface area contributed by atoms with Crippen molar-refractivity contribution in [2.24, 2.45) is 0 Å². The molecule has 0 heterocycles. The number of phenolic OH excluding ortho intramolecular Hbond substituents is 2.